The summed E-state index contributed by atoms with van der Waals surface area (Å²) in [5, 5.41) is 8.57. The van der Waals surface area contributed by atoms with Crippen LogP contribution in [0.5, 0.6) is 0 Å². The van der Waals surface area contributed by atoms with E-state index in [-0.39, 0.29) is 0 Å². The Morgan fingerprint density at radius 2 is 1.62 bits per heavy atom. The van der Waals surface area contributed by atoms with Gasteiger partial charge in [0.05, 0.1) is 12.5 Å². The smallest absolute Gasteiger partial charge is 0.0669 e. The monoisotopic (exact) mass is 256 g/mol. The van der Waals surface area contributed by atoms with Crippen LogP contribution in [0.15, 0.2) is 24.3 Å². The maximum atomic E-state index is 8.57. The minimum Gasteiger partial charge on any atom is -0.369 e. The Labute approximate surface area is 106 Å². The van der Waals surface area contributed by atoms with E-state index in [0.29, 0.717) is 18.2 Å². The second-order valence-electron chi connectivity index (χ2n) is 3.37. The molecule has 0 fully saturated rings. The summed E-state index contributed by atoms with van der Waals surface area (Å²) in [5.74, 6) is 1.16. The number of nitrogens with zero attached hydrogens (tertiary/aromatic N) is 2. The average molecular weight is 257 g/mol. The number of nitriles is 1. The Kier molecular flexibility index (Phi) is 6.07. The molecule has 0 aliphatic carbocycles. The molecule has 1 aromatic rings. The molecule has 86 valence electrons. The summed E-state index contributed by atoms with van der Waals surface area (Å²) in [6.07, 6.45) is 0.450. The van der Waals surface area contributed by atoms with Crippen LogP contribution in [-0.2, 0) is 6.42 Å². The van der Waals surface area contributed by atoms with Crippen LogP contribution < -0.4 is 4.90 Å². The van der Waals surface area contributed by atoms with Crippen LogP contribution >= 0.6 is 23.2 Å². The molecule has 0 amide bonds. The Morgan fingerprint density at radius 3 is 2.06 bits per heavy atom. The Balaban J connectivity index is 2.73. The van der Waals surface area contributed by atoms with E-state index in [2.05, 4.69) is 11.0 Å². The Bertz CT molecular complexity index is 337. The molecule has 0 saturated heterocycles. The van der Waals surface area contributed by atoms with Gasteiger partial charge in [0.15, 0.2) is 0 Å². The molecule has 1 aromatic carbocycles. The van der Waals surface area contributed by atoms with Crippen LogP contribution in [0.2, 0.25) is 0 Å². The van der Waals surface area contributed by atoms with Crippen LogP contribution in [-0.4, -0.2) is 24.8 Å². The normalized spacial score (nSPS) is 9.81. The molecule has 0 N–H and O–H groups in total. The molecule has 0 aliphatic heterocycles. The molecule has 0 heterocycles. The fourth-order valence-electron chi connectivity index (χ4n) is 1.49. The van der Waals surface area contributed by atoms with Gasteiger partial charge < -0.3 is 4.90 Å². The van der Waals surface area contributed by atoms with Crippen molar-refractivity contribution in [3.8, 4) is 6.07 Å². The van der Waals surface area contributed by atoms with Gasteiger partial charge in [0, 0.05) is 30.5 Å². The molecule has 0 aromatic heterocycles. The molecule has 0 bridgehead atoms. The van der Waals surface area contributed by atoms with Gasteiger partial charge in [-0.2, -0.15) is 5.26 Å². The SMILES string of the molecule is N#CCc1ccc(N(CCCl)CCCl)cc1. The second kappa shape index (κ2) is 7.38. The zero-order valence-electron chi connectivity index (χ0n) is 9.00. The van der Waals surface area contributed by atoms with E-state index in [0.717, 1.165) is 24.3 Å². The number of hydrogen-bond acceptors (Lipinski definition) is 2. The molecule has 2 nitrogen and oxygen atoms in total. The van der Waals surface area contributed by atoms with Crippen molar-refractivity contribution in [1.29, 1.82) is 5.26 Å². The van der Waals surface area contributed by atoms with Crippen LogP contribution in [0.1, 0.15) is 5.56 Å². The predicted molar refractivity (Wildman–Crippen MR) is 69.4 cm³/mol. The molecule has 0 atom stereocenters. The molecule has 0 unspecified atom stereocenters. The summed E-state index contributed by atoms with van der Waals surface area (Å²) in [6, 6.07) is 10.1. The first kappa shape index (κ1) is 13.2. The third kappa shape index (κ3) is 3.92. The average Bonchev–Trinajstić information content (AvgIpc) is 2.30. The molecule has 0 spiro atoms. The molecular weight excluding hydrogens is 243 g/mol. The minimum atomic E-state index is 0.450. The molecule has 0 saturated carbocycles. The van der Waals surface area contributed by atoms with Gasteiger partial charge in [-0.25, -0.2) is 0 Å². The van der Waals surface area contributed by atoms with E-state index < -0.39 is 0 Å². The van der Waals surface area contributed by atoms with Crippen LogP contribution in [0.3, 0.4) is 0 Å². The van der Waals surface area contributed by atoms with E-state index >= 15 is 0 Å². The van der Waals surface area contributed by atoms with Gasteiger partial charge in [-0.05, 0) is 17.7 Å². The zero-order chi connectivity index (χ0) is 11.8. The summed E-state index contributed by atoms with van der Waals surface area (Å²) < 4.78 is 0. The third-order valence-electron chi connectivity index (χ3n) is 2.29. The lowest BCUT2D eigenvalue weighted by molar-refractivity contribution is 0.873. The van der Waals surface area contributed by atoms with E-state index in [4.69, 9.17) is 28.5 Å². The zero-order valence-corrected chi connectivity index (χ0v) is 10.5. The van der Waals surface area contributed by atoms with Crippen molar-refractivity contribution in [1.82, 2.24) is 0 Å². The highest BCUT2D eigenvalue weighted by Gasteiger charge is 2.04. The van der Waals surface area contributed by atoms with Crippen molar-refractivity contribution in [3.05, 3.63) is 29.8 Å². The molecule has 16 heavy (non-hydrogen) atoms. The lowest BCUT2D eigenvalue weighted by Gasteiger charge is -2.22. The van der Waals surface area contributed by atoms with Crippen molar-refractivity contribution in [2.24, 2.45) is 0 Å². The van der Waals surface area contributed by atoms with E-state index in [1.807, 2.05) is 24.3 Å². The summed E-state index contributed by atoms with van der Waals surface area (Å²) in [7, 11) is 0. The van der Waals surface area contributed by atoms with Gasteiger partial charge in [-0.1, -0.05) is 12.1 Å². The van der Waals surface area contributed by atoms with E-state index in [1.54, 1.807) is 0 Å². The number of rotatable bonds is 6. The summed E-state index contributed by atoms with van der Waals surface area (Å²) >= 11 is 11.5. The van der Waals surface area contributed by atoms with Gasteiger partial charge in [0.25, 0.3) is 0 Å². The van der Waals surface area contributed by atoms with E-state index in [9.17, 15) is 0 Å². The van der Waals surface area contributed by atoms with Crippen molar-refractivity contribution in [2.75, 3.05) is 29.7 Å². The van der Waals surface area contributed by atoms with Gasteiger partial charge >= 0.3 is 0 Å². The lowest BCUT2D eigenvalue weighted by atomic mass is 10.1. The largest absolute Gasteiger partial charge is 0.369 e. The van der Waals surface area contributed by atoms with Crippen molar-refractivity contribution in [2.45, 2.75) is 6.42 Å². The highest BCUT2D eigenvalue weighted by atomic mass is 35.5. The first-order valence-corrected chi connectivity index (χ1v) is 6.21. The maximum Gasteiger partial charge on any atom is 0.0669 e. The highest BCUT2D eigenvalue weighted by molar-refractivity contribution is 6.18. The molecule has 0 radical (unpaired) electrons. The van der Waals surface area contributed by atoms with Crippen molar-refractivity contribution in [3.63, 3.8) is 0 Å². The van der Waals surface area contributed by atoms with Gasteiger partial charge in [-0.3, -0.25) is 0 Å². The summed E-state index contributed by atoms with van der Waals surface area (Å²) in [5.41, 5.74) is 2.13. The second-order valence-corrected chi connectivity index (χ2v) is 4.12. The molecule has 0 aliphatic rings. The van der Waals surface area contributed by atoms with Crippen LogP contribution in [0, 0.1) is 11.3 Å². The first-order valence-electron chi connectivity index (χ1n) is 5.14. The standard InChI is InChI=1S/C12H14Cl2N2/c13-6-9-16(10-7-14)12-3-1-11(2-4-12)5-8-15/h1-4H,5-7,9-10H2. The summed E-state index contributed by atoms with van der Waals surface area (Å²) in [4.78, 5) is 2.14. The van der Waals surface area contributed by atoms with Gasteiger partial charge in [0.1, 0.15) is 0 Å². The van der Waals surface area contributed by atoms with Gasteiger partial charge in [0.2, 0.25) is 0 Å². The molecule has 1 rings (SSSR count). The van der Waals surface area contributed by atoms with E-state index in [1.165, 1.54) is 0 Å². The fourth-order valence-corrected chi connectivity index (χ4v) is 1.90. The topological polar surface area (TPSA) is 27.0 Å². The molecule has 4 heteroatoms. The molecular formula is C12H14Cl2N2. The third-order valence-corrected chi connectivity index (χ3v) is 2.63. The van der Waals surface area contributed by atoms with Crippen LogP contribution in [0.25, 0.3) is 0 Å². The van der Waals surface area contributed by atoms with Crippen molar-refractivity contribution >= 4 is 28.9 Å². The number of hydrogen-bond donors (Lipinski definition) is 0. The lowest BCUT2D eigenvalue weighted by Crippen LogP contribution is -2.27. The highest BCUT2D eigenvalue weighted by Crippen LogP contribution is 2.15. The fraction of sp³-hybridized carbons (Fsp3) is 0.417. The Morgan fingerprint density at radius 1 is 1.06 bits per heavy atom. The maximum absolute atomic E-state index is 8.57. The number of benzene rings is 1. The Hall–Kier alpha value is -0.910. The number of anilines is 1. The predicted octanol–water partition coefficient (Wildman–Crippen LogP) is 3.04. The van der Waals surface area contributed by atoms with Gasteiger partial charge in [-0.15, -0.1) is 23.2 Å². The quantitative estimate of drug-likeness (QED) is 0.732. The minimum absolute atomic E-state index is 0.450. The number of alkyl halides is 2. The van der Waals surface area contributed by atoms with Crippen LogP contribution in [0.4, 0.5) is 5.69 Å². The number of halogens is 2. The first-order chi connectivity index (χ1) is 7.81. The van der Waals surface area contributed by atoms with Crippen molar-refractivity contribution < 1.29 is 0 Å². The summed E-state index contributed by atoms with van der Waals surface area (Å²) in [6.45, 7) is 1.57.